The molecule has 2 bridgehead atoms. The highest BCUT2D eigenvalue weighted by Crippen LogP contribution is 2.33. The van der Waals surface area contributed by atoms with Gasteiger partial charge in [-0.25, -0.2) is 0 Å². The fourth-order valence-corrected chi connectivity index (χ4v) is 3.23. The van der Waals surface area contributed by atoms with E-state index < -0.39 is 11.7 Å². The van der Waals surface area contributed by atoms with Crippen LogP contribution in [-0.2, 0) is 10.9 Å². The van der Waals surface area contributed by atoms with E-state index >= 15 is 0 Å². The number of fused-ring (bicyclic) bond motifs is 2. The number of nitrogens with zero attached hydrogens (tertiary/aromatic N) is 2. The molecule has 1 aromatic heterocycles. The second-order valence-corrected chi connectivity index (χ2v) is 5.97. The molecule has 22 heavy (non-hydrogen) atoms. The van der Waals surface area contributed by atoms with Crippen LogP contribution in [0.1, 0.15) is 28.9 Å². The molecule has 0 aromatic carbocycles. The maximum Gasteiger partial charge on any atom is 0.417 e. The Balaban J connectivity index is 1.74. The number of hydrogen-bond acceptors (Lipinski definition) is 4. The van der Waals surface area contributed by atoms with Crippen LogP contribution in [-0.4, -0.2) is 48.0 Å². The number of rotatable bonds is 2. The number of pyridine rings is 1. The highest BCUT2D eigenvalue weighted by molar-refractivity contribution is 5.96. The first-order valence-electron chi connectivity index (χ1n) is 7.23. The molecular formula is C15H17F3N2O2. The molecule has 2 unspecified atom stereocenters. The number of piperidine rings is 1. The van der Waals surface area contributed by atoms with Crippen molar-refractivity contribution in [3.63, 3.8) is 0 Å². The van der Waals surface area contributed by atoms with Crippen molar-refractivity contribution in [2.24, 2.45) is 5.92 Å². The van der Waals surface area contributed by atoms with Gasteiger partial charge in [0.15, 0.2) is 5.78 Å². The van der Waals surface area contributed by atoms with Crippen LogP contribution in [0, 0.1) is 5.92 Å². The molecule has 0 radical (unpaired) electrons. The van der Waals surface area contributed by atoms with Crippen molar-refractivity contribution in [2.75, 3.05) is 20.3 Å². The van der Waals surface area contributed by atoms with E-state index in [-0.39, 0.29) is 29.5 Å². The Labute approximate surface area is 126 Å². The van der Waals surface area contributed by atoms with Crippen LogP contribution in [0.3, 0.4) is 0 Å². The Bertz CT molecular complexity index is 545. The lowest BCUT2D eigenvalue weighted by Gasteiger charge is -2.46. The average molecular weight is 314 g/mol. The fourth-order valence-electron chi connectivity index (χ4n) is 3.23. The number of carbonyl (C=O) groups excluding carboxylic acids is 1. The molecule has 0 amide bonds. The van der Waals surface area contributed by atoms with Crippen LogP contribution < -0.4 is 0 Å². The molecular weight excluding hydrogens is 297 g/mol. The third-order valence-corrected chi connectivity index (χ3v) is 4.60. The Morgan fingerprint density at radius 3 is 2.41 bits per heavy atom. The zero-order valence-electron chi connectivity index (χ0n) is 12.1. The maximum absolute atomic E-state index is 12.5. The molecule has 4 nitrogen and oxygen atoms in total. The average Bonchev–Trinajstić information content (AvgIpc) is 2.45. The summed E-state index contributed by atoms with van der Waals surface area (Å²) in [5.74, 6) is -0.363. The van der Waals surface area contributed by atoms with Crippen LogP contribution in [0.25, 0.3) is 0 Å². The predicted molar refractivity (Wildman–Crippen MR) is 72.5 cm³/mol. The van der Waals surface area contributed by atoms with Gasteiger partial charge in [0.25, 0.3) is 0 Å². The molecule has 2 aliphatic rings. The number of morpholine rings is 1. The van der Waals surface area contributed by atoms with Crippen LogP contribution >= 0.6 is 0 Å². The second-order valence-electron chi connectivity index (χ2n) is 5.97. The number of aromatic nitrogens is 1. The zero-order valence-corrected chi connectivity index (χ0v) is 12.1. The Kier molecular flexibility index (Phi) is 3.94. The minimum Gasteiger partial charge on any atom is -0.378 e. The van der Waals surface area contributed by atoms with Gasteiger partial charge in [-0.1, -0.05) is 0 Å². The van der Waals surface area contributed by atoms with E-state index in [4.69, 9.17) is 4.74 Å². The summed E-state index contributed by atoms with van der Waals surface area (Å²) in [6.07, 6.45) is -2.38. The summed E-state index contributed by atoms with van der Waals surface area (Å²) >= 11 is 0. The highest BCUT2D eigenvalue weighted by Gasteiger charge is 2.40. The van der Waals surface area contributed by atoms with E-state index in [1.165, 1.54) is 6.07 Å². The van der Waals surface area contributed by atoms with Crippen molar-refractivity contribution < 1.29 is 22.7 Å². The highest BCUT2D eigenvalue weighted by atomic mass is 19.4. The number of alkyl halides is 3. The van der Waals surface area contributed by atoms with Gasteiger partial charge in [-0.2, -0.15) is 13.2 Å². The van der Waals surface area contributed by atoms with Gasteiger partial charge >= 0.3 is 6.18 Å². The number of hydrogen-bond donors (Lipinski definition) is 0. The summed E-state index contributed by atoms with van der Waals surface area (Å²) in [6, 6.07) is 2.47. The Morgan fingerprint density at radius 1 is 1.27 bits per heavy atom. The van der Waals surface area contributed by atoms with Crippen LogP contribution in [0.2, 0.25) is 0 Å². The standard InChI is InChI=1S/C15H17F3N2O2/c1-20-11-4-9(5-12(20)8-22-7-11)14(21)13-3-2-10(6-19-13)15(16,17)18/h2-3,6,9,11-12H,4-5,7-8H2,1H3. The van der Waals surface area contributed by atoms with Crippen molar-refractivity contribution in [2.45, 2.75) is 31.1 Å². The summed E-state index contributed by atoms with van der Waals surface area (Å²) in [5.41, 5.74) is -0.723. The molecule has 0 spiro atoms. The molecule has 2 atom stereocenters. The number of Topliss-reactive ketones (excluding diaryl/α,β-unsaturated/α-hetero) is 1. The quantitative estimate of drug-likeness (QED) is 0.786. The molecule has 2 saturated heterocycles. The van der Waals surface area contributed by atoms with E-state index in [0.29, 0.717) is 26.1 Å². The first kappa shape index (κ1) is 15.4. The molecule has 3 rings (SSSR count). The van der Waals surface area contributed by atoms with Crippen molar-refractivity contribution in [1.29, 1.82) is 0 Å². The van der Waals surface area contributed by atoms with Crippen molar-refractivity contribution in [3.8, 4) is 0 Å². The summed E-state index contributed by atoms with van der Waals surface area (Å²) < 4.78 is 43.1. The van der Waals surface area contributed by atoms with Gasteiger partial charge in [-0.15, -0.1) is 0 Å². The van der Waals surface area contributed by atoms with Gasteiger partial charge in [0.05, 0.1) is 18.8 Å². The van der Waals surface area contributed by atoms with Gasteiger partial charge < -0.3 is 4.74 Å². The van der Waals surface area contributed by atoms with Gasteiger partial charge in [-0.05, 0) is 32.0 Å². The Morgan fingerprint density at radius 2 is 1.91 bits per heavy atom. The fraction of sp³-hybridized carbons (Fsp3) is 0.600. The molecule has 0 N–H and O–H groups in total. The van der Waals surface area contributed by atoms with E-state index in [0.717, 1.165) is 12.3 Å². The SMILES string of the molecule is CN1C2COCC1CC(C(=O)c1ccc(C(F)(F)F)cn1)C2. The van der Waals surface area contributed by atoms with Crippen LogP contribution in [0.15, 0.2) is 18.3 Å². The lowest BCUT2D eigenvalue weighted by Crippen LogP contribution is -2.55. The zero-order chi connectivity index (χ0) is 15.9. The van der Waals surface area contributed by atoms with E-state index in [9.17, 15) is 18.0 Å². The second kappa shape index (κ2) is 5.62. The third kappa shape index (κ3) is 2.87. The number of halogens is 3. The van der Waals surface area contributed by atoms with Crippen molar-refractivity contribution in [3.05, 3.63) is 29.6 Å². The van der Waals surface area contributed by atoms with Crippen molar-refractivity contribution in [1.82, 2.24) is 9.88 Å². The summed E-state index contributed by atoms with van der Waals surface area (Å²) in [6.45, 7) is 1.19. The first-order valence-corrected chi connectivity index (χ1v) is 7.23. The monoisotopic (exact) mass is 314 g/mol. The molecule has 120 valence electrons. The molecule has 1 aromatic rings. The molecule has 3 heterocycles. The normalized spacial score (nSPS) is 29.4. The van der Waals surface area contributed by atoms with Crippen molar-refractivity contribution >= 4 is 5.78 Å². The summed E-state index contributed by atoms with van der Waals surface area (Å²) in [4.78, 5) is 18.4. The smallest absolute Gasteiger partial charge is 0.378 e. The van der Waals surface area contributed by atoms with Crippen LogP contribution in [0.5, 0.6) is 0 Å². The number of carbonyl (C=O) groups is 1. The molecule has 2 fully saturated rings. The topological polar surface area (TPSA) is 42.4 Å². The van der Waals surface area contributed by atoms with E-state index in [1.54, 1.807) is 0 Å². The molecule has 7 heteroatoms. The van der Waals surface area contributed by atoms with E-state index in [2.05, 4.69) is 9.88 Å². The van der Waals surface area contributed by atoms with Gasteiger partial charge in [-0.3, -0.25) is 14.7 Å². The largest absolute Gasteiger partial charge is 0.417 e. The predicted octanol–water partition coefficient (Wildman–Crippen LogP) is 2.39. The Hall–Kier alpha value is -1.47. The molecule has 0 aliphatic carbocycles. The number of likely N-dealkylation sites (N-methyl/N-ethyl adjacent to an activating group) is 1. The minimum absolute atomic E-state index is 0.113. The van der Waals surface area contributed by atoms with Crippen LogP contribution in [0.4, 0.5) is 13.2 Å². The molecule has 2 aliphatic heterocycles. The lowest BCUT2D eigenvalue weighted by atomic mass is 9.82. The number of ether oxygens (including phenoxy) is 1. The van der Waals surface area contributed by atoms with Gasteiger partial charge in [0.2, 0.25) is 0 Å². The third-order valence-electron chi connectivity index (χ3n) is 4.60. The summed E-state index contributed by atoms with van der Waals surface area (Å²) in [5, 5.41) is 0. The first-order chi connectivity index (χ1) is 10.4. The van der Waals surface area contributed by atoms with Gasteiger partial charge in [0.1, 0.15) is 5.69 Å². The molecule has 0 saturated carbocycles. The van der Waals surface area contributed by atoms with E-state index in [1.807, 2.05) is 7.05 Å². The number of ketones is 1. The lowest BCUT2D eigenvalue weighted by molar-refractivity contribution is -0.137. The summed E-state index contributed by atoms with van der Waals surface area (Å²) in [7, 11) is 2.02. The van der Waals surface area contributed by atoms with Gasteiger partial charge in [0, 0.05) is 24.2 Å². The minimum atomic E-state index is -4.43. The maximum atomic E-state index is 12.5.